The standard InChI is InChI=1S/C15H23ClN4O/c1-2-4-11-5-3-9-20(10-8-11)15(21)14-12(16)6-7-13(18-14)19-17/h6-7,11H,2-5,8-10,17H2,1H3,(H,18,19). The van der Waals surface area contributed by atoms with Crippen molar-refractivity contribution in [3.05, 3.63) is 22.8 Å². The Kier molecular flexibility index (Phi) is 5.82. The largest absolute Gasteiger partial charge is 0.337 e. The maximum atomic E-state index is 12.6. The van der Waals surface area contributed by atoms with Crippen LogP contribution in [0.15, 0.2) is 12.1 Å². The summed E-state index contributed by atoms with van der Waals surface area (Å²) in [5, 5.41) is 0.369. The van der Waals surface area contributed by atoms with Gasteiger partial charge in [-0.2, -0.15) is 0 Å². The minimum absolute atomic E-state index is 0.103. The van der Waals surface area contributed by atoms with Crippen molar-refractivity contribution < 1.29 is 4.79 Å². The Morgan fingerprint density at radius 2 is 2.29 bits per heavy atom. The Hall–Kier alpha value is -1.33. The van der Waals surface area contributed by atoms with Gasteiger partial charge in [-0.25, -0.2) is 10.8 Å². The van der Waals surface area contributed by atoms with E-state index in [1.54, 1.807) is 12.1 Å². The van der Waals surface area contributed by atoms with Gasteiger partial charge in [-0.1, -0.05) is 31.4 Å². The summed E-state index contributed by atoms with van der Waals surface area (Å²) in [6, 6.07) is 3.30. The molecule has 2 heterocycles. The zero-order valence-corrected chi connectivity index (χ0v) is 13.2. The molecule has 1 amide bonds. The maximum absolute atomic E-state index is 12.6. The molecular formula is C15H23ClN4O. The van der Waals surface area contributed by atoms with Crippen LogP contribution in [-0.2, 0) is 0 Å². The van der Waals surface area contributed by atoms with E-state index in [9.17, 15) is 4.79 Å². The van der Waals surface area contributed by atoms with Crippen LogP contribution in [0.2, 0.25) is 5.02 Å². The summed E-state index contributed by atoms with van der Waals surface area (Å²) in [5.41, 5.74) is 2.73. The predicted octanol–water partition coefficient (Wildman–Crippen LogP) is 3.06. The summed E-state index contributed by atoms with van der Waals surface area (Å²) in [6.45, 7) is 3.77. The van der Waals surface area contributed by atoms with Crippen LogP contribution in [0.1, 0.15) is 49.5 Å². The zero-order chi connectivity index (χ0) is 15.2. The zero-order valence-electron chi connectivity index (χ0n) is 12.4. The fourth-order valence-corrected chi connectivity index (χ4v) is 3.07. The number of carbonyl (C=O) groups excluding carboxylic acids is 1. The third-order valence-corrected chi connectivity index (χ3v) is 4.33. The second-order valence-corrected chi connectivity index (χ2v) is 5.96. The van der Waals surface area contributed by atoms with Crippen molar-refractivity contribution >= 4 is 23.3 Å². The van der Waals surface area contributed by atoms with E-state index in [2.05, 4.69) is 17.3 Å². The van der Waals surface area contributed by atoms with Crippen LogP contribution in [0.4, 0.5) is 5.82 Å². The maximum Gasteiger partial charge on any atom is 0.274 e. The first kappa shape index (κ1) is 16.0. The molecular weight excluding hydrogens is 288 g/mol. The van der Waals surface area contributed by atoms with Gasteiger partial charge in [0.2, 0.25) is 0 Å². The number of amides is 1. The van der Waals surface area contributed by atoms with Crippen LogP contribution in [0, 0.1) is 5.92 Å². The van der Waals surface area contributed by atoms with Gasteiger partial charge in [0, 0.05) is 13.1 Å². The van der Waals surface area contributed by atoms with Crippen molar-refractivity contribution in [1.82, 2.24) is 9.88 Å². The van der Waals surface area contributed by atoms with E-state index in [4.69, 9.17) is 17.4 Å². The highest BCUT2D eigenvalue weighted by Crippen LogP contribution is 2.24. The van der Waals surface area contributed by atoms with Crippen LogP contribution in [0.3, 0.4) is 0 Å². The first-order valence-electron chi connectivity index (χ1n) is 7.58. The number of nitrogens with one attached hydrogen (secondary N) is 1. The third-order valence-electron chi connectivity index (χ3n) is 4.03. The lowest BCUT2D eigenvalue weighted by Gasteiger charge is -2.21. The van der Waals surface area contributed by atoms with Crippen LogP contribution in [0.25, 0.3) is 0 Å². The monoisotopic (exact) mass is 310 g/mol. The Balaban J connectivity index is 2.09. The molecule has 1 aliphatic heterocycles. The SMILES string of the molecule is CCCC1CCCN(C(=O)c2nc(NN)ccc2Cl)CC1. The second-order valence-electron chi connectivity index (χ2n) is 5.55. The van der Waals surface area contributed by atoms with Gasteiger partial charge < -0.3 is 10.3 Å². The van der Waals surface area contributed by atoms with Crippen LogP contribution < -0.4 is 11.3 Å². The summed E-state index contributed by atoms with van der Waals surface area (Å²) in [6.07, 6.45) is 5.75. The van der Waals surface area contributed by atoms with E-state index < -0.39 is 0 Å². The van der Waals surface area contributed by atoms with Crippen molar-refractivity contribution in [1.29, 1.82) is 0 Å². The number of aromatic nitrogens is 1. The molecule has 1 aliphatic rings. The number of likely N-dealkylation sites (tertiary alicyclic amines) is 1. The van der Waals surface area contributed by atoms with E-state index >= 15 is 0 Å². The molecule has 0 spiro atoms. The minimum atomic E-state index is -0.103. The van der Waals surface area contributed by atoms with E-state index in [0.717, 1.165) is 31.8 Å². The Morgan fingerprint density at radius 1 is 1.48 bits per heavy atom. The molecule has 1 aromatic rings. The molecule has 21 heavy (non-hydrogen) atoms. The number of pyridine rings is 1. The van der Waals surface area contributed by atoms with Crippen molar-refractivity contribution in [2.24, 2.45) is 11.8 Å². The lowest BCUT2D eigenvalue weighted by atomic mass is 9.96. The van der Waals surface area contributed by atoms with E-state index in [1.807, 2.05) is 4.90 Å². The molecule has 5 nitrogen and oxygen atoms in total. The summed E-state index contributed by atoms with van der Waals surface area (Å²) in [4.78, 5) is 18.7. The number of hydrogen-bond acceptors (Lipinski definition) is 4. The first-order valence-corrected chi connectivity index (χ1v) is 7.96. The summed E-state index contributed by atoms with van der Waals surface area (Å²) in [5.74, 6) is 6.42. The lowest BCUT2D eigenvalue weighted by Crippen LogP contribution is -2.33. The molecule has 0 bridgehead atoms. The highest BCUT2D eigenvalue weighted by Gasteiger charge is 2.24. The number of carbonyl (C=O) groups is 1. The van der Waals surface area contributed by atoms with E-state index in [0.29, 0.717) is 10.8 Å². The normalized spacial score (nSPS) is 19.2. The molecule has 1 atom stereocenters. The molecule has 3 N–H and O–H groups in total. The van der Waals surface area contributed by atoms with Crippen molar-refractivity contribution in [3.63, 3.8) is 0 Å². The average molecular weight is 311 g/mol. The Morgan fingerprint density at radius 3 is 3.00 bits per heavy atom. The smallest absolute Gasteiger partial charge is 0.274 e. The van der Waals surface area contributed by atoms with Crippen molar-refractivity contribution in [2.45, 2.75) is 39.0 Å². The molecule has 116 valence electrons. The van der Waals surface area contributed by atoms with E-state index in [-0.39, 0.29) is 11.6 Å². The van der Waals surface area contributed by atoms with Gasteiger partial charge in [0.25, 0.3) is 5.91 Å². The summed E-state index contributed by atoms with van der Waals surface area (Å²) < 4.78 is 0. The quantitative estimate of drug-likeness (QED) is 0.662. The van der Waals surface area contributed by atoms with Crippen LogP contribution in [0.5, 0.6) is 0 Å². The molecule has 1 aromatic heterocycles. The molecule has 0 aliphatic carbocycles. The molecule has 1 fully saturated rings. The number of hydrazine groups is 1. The lowest BCUT2D eigenvalue weighted by molar-refractivity contribution is 0.0754. The van der Waals surface area contributed by atoms with Gasteiger partial charge in [0.15, 0.2) is 0 Å². The van der Waals surface area contributed by atoms with E-state index in [1.165, 1.54) is 19.3 Å². The van der Waals surface area contributed by atoms with Crippen molar-refractivity contribution in [2.75, 3.05) is 18.5 Å². The molecule has 6 heteroatoms. The minimum Gasteiger partial charge on any atom is -0.337 e. The Labute approximate surface area is 130 Å². The fraction of sp³-hybridized carbons (Fsp3) is 0.600. The van der Waals surface area contributed by atoms with Gasteiger partial charge in [-0.05, 0) is 37.3 Å². The second kappa shape index (κ2) is 7.61. The molecule has 1 saturated heterocycles. The van der Waals surface area contributed by atoms with Crippen molar-refractivity contribution in [3.8, 4) is 0 Å². The summed E-state index contributed by atoms with van der Waals surface area (Å²) >= 11 is 6.11. The highest BCUT2D eigenvalue weighted by atomic mass is 35.5. The number of nitrogens with two attached hydrogens (primary N) is 1. The topological polar surface area (TPSA) is 71.2 Å². The average Bonchev–Trinajstić information content (AvgIpc) is 2.73. The molecule has 2 rings (SSSR count). The fourth-order valence-electron chi connectivity index (χ4n) is 2.89. The van der Waals surface area contributed by atoms with Gasteiger partial charge in [-0.3, -0.25) is 4.79 Å². The number of rotatable bonds is 4. The molecule has 0 saturated carbocycles. The number of nitrogen functional groups attached to an aromatic ring is 1. The van der Waals surface area contributed by atoms with Gasteiger partial charge in [0.05, 0.1) is 5.02 Å². The molecule has 1 unspecified atom stereocenters. The first-order chi connectivity index (χ1) is 10.2. The molecule has 0 radical (unpaired) electrons. The number of hydrogen-bond donors (Lipinski definition) is 2. The molecule has 0 aromatic carbocycles. The summed E-state index contributed by atoms with van der Waals surface area (Å²) in [7, 11) is 0. The number of halogens is 1. The third kappa shape index (κ3) is 4.08. The number of nitrogens with zero attached hydrogens (tertiary/aromatic N) is 2. The Bertz CT molecular complexity index is 495. The van der Waals surface area contributed by atoms with Gasteiger partial charge in [0.1, 0.15) is 11.5 Å². The van der Waals surface area contributed by atoms with Crippen LogP contribution >= 0.6 is 11.6 Å². The predicted molar refractivity (Wildman–Crippen MR) is 85.2 cm³/mol. The number of anilines is 1. The van der Waals surface area contributed by atoms with Crippen LogP contribution in [-0.4, -0.2) is 28.9 Å². The highest BCUT2D eigenvalue weighted by molar-refractivity contribution is 6.33. The van der Waals surface area contributed by atoms with Gasteiger partial charge >= 0.3 is 0 Å². The van der Waals surface area contributed by atoms with Gasteiger partial charge in [-0.15, -0.1) is 0 Å².